The van der Waals surface area contributed by atoms with Gasteiger partial charge < -0.3 is 24.3 Å². The number of benzene rings is 2. The topological polar surface area (TPSA) is 66.0 Å². The molecular weight excluding hydrogens is 384 g/mol. The molecule has 6 nitrogen and oxygen atoms in total. The number of anilines is 1. The van der Waals surface area contributed by atoms with Crippen molar-refractivity contribution in [3.8, 4) is 23.0 Å². The van der Waals surface area contributed by atoms with Crippen molar-refractivity contribution in [1.82, 2.24) is 0 Å². The molecular formula is C21H23F2NO5. The number of amides is 1. The number of carbonyl (C=O) groups is 1. The van der Waals surface area contributed by atoms with E-state index in [0.29, 0.717) is 22.7 Å². The summed E-state index contributed by atoms with van der Waals surface area (Å²) in [5, 5.41) is 2.77. The number of hydrogen-bond acceptors (Lipinski definition) is 5. The van der Waals surface area contributed by atoms with Crippen LogP contribution in [-0.4, -0.2) is 33.3 Å². The molecule has 1 N–H and O–H groups in total. The molecule has 0 aromatic heterocycles. The van der Waals surface area contributed by atoms with Crippen LogP contribution in [-0.2, 0) is 4.79 Å². The van der Waals surface area contributed by atoms with Crippen molar-refractivity contribution < 1.29 is 32.5 Å². The molecule has 2 aromatic carbocycles. The van der Waals surface area contributed by atoms with E-state index in [4.69, 9.17) is 14.2 Å². The van der Waals surface area contributed by atoms with Crippen molar-refractivity contribution in [3.63, 3.8) is 0 Å². The Morgan fingerprint density at radius 2 is 1.76 bits per heavy atom. The Morgan fingerprint density at radius 1 is 1.07 bits per heavy atom. The van der Waals surface area contributed by atoms with Gasteiger partial charge in [0.25, 0.3) is 0 Å². The number of nitrogens with one attached hydrogen (secondary N) is 1. The minimum atomic E-state index is -2.95. The third-order valence-corrected chi connectivity index (χ3v) is 3.90. The van der Waals surface area contributed by atoms with E-state index in [9.17, 15) is 13.6 Å². The average molecular weight is 407 g/mol. The van der Waals surface area contributed by atoms with Gasteiger partial charge in [-0.05, 0) is 49.2 Å². The normalized spacial score (nSPS) is 10.9. The first-order valence-electron chi connectivity index (χ1n) is 8.81. The fraction of sp³-hybridized carbons (Fsp3) is 0.286. The number of carbonyl (C=O) groups excluding carboxylic acids is 1. The van der Waals surface area contributed by atoms with Gasteiger partial charge in [-0.2, -0.15) is 8.78 Å². The Balaban J connectivity index is 2.15. The molecule has 0 unspecified atom stereocenters. The molecule has 156 valence electrons. The molecule has 0 saturated carbocycles. The number of alkyl halides is 2. The maximum Gasteiger partial charge on any atom is 0.387 e. The van der Waals surface area contributed by atoms with Gasteiger partial charge in [-0.15, -0.1) is 0 Å². The van der Waals surface area contributed by atoms with Crippen molar-refractivity contribution in [2.45, 2.75) is 20.5 Å². The van der Waals surface area contributed by atoms with Crippen LogP contribution in [0.25, 0.3) is 6.08 Å². The number of hydrogen-bond donors (Lipinski definition) is 1. The lowest BCUT2D eigenvalue weighted by Crippen LogP contribution is -2.09. The first-order chi connectivity index (χ1) is 13.9. The number of halogens is 2. The summed E-state index contributed by atoms with van der Waals surface area (Å²) in [5.74, 6) is 0.795. The Labute approximate surface area is 168 Å². The van der Waals surface area contributed by atoms with E-state index in [0.717, 1.165) is 5.56 Å². The Morgan fingerprint density at radius 3 is 2.38 bits per heavy atom. The molecule has 0 fully saturated rings. The first-order valence-corrected chi connectivity index (χ1v) is 8.81. The third-order valence-electron chi connectivity index (χ3n) is 3.90. The van der Waals surface area contributed by atoms with Crippen molar-refractivity contribution in [2.24, 2.45) is 0 Å². The average Bonchev–Trinajstić information content (AvgIpc) is 2.69. The quantitative estimate of drug-likeness (QED) is 0.612. The molecule has 0 aliphatic heterocycles. The van der Waals surface area contributed by atoms with Gasteiger partial charge in [0, 0.05) is 17.8 Å². The van der Waals surface area contributed by atoms with E-state index in [-0.39, 0.29) is 24.0 Å². The predicted molar refractivity (Wildman–Crippen MR) is 106 cm³/mol. The van der Waals surface area contributed by atoms with E-state index in [1.54, 1.807) is 31.2 Å². The van der Waals surface area contributed by atoms with Crippen LogP contribution < -0.4 is 24.3 Å². The van der Waals surface area contributed by atoms with Crippen LogP contribution >= 0.6 is 0 Å². The zero-order valence-corrected chi connectivity index (χ0v) is 16.6. The number of aryl methyl sites for hydroxylation is 1. The van der Waals surface area contributed by atoms with E-state index in [2.05, 4.69) is 10.1 Å². The van der Waals surface area contributed by atoms with Crippen molar-refractivity contribution >= 4 is 17.7 Å². The molecule has 0 radical (unpaired) electrons. The van der Waals surface area contributed by atoms with Crippen molar-refractivity contribution in [2.75, 3.05) is 26.1 Å². The summed E-state index contributed by atoms with van der Waals surface area (Å²) >= 11 is 0. The van der Waals surface area contributed by atoms with Crippen LogP contribution in [0.2, 0.25) is 0 Å². The summed E-state index contributed by atoms with van der Waals surface area (Å²) in [7, 11) is 3.04. The summed E-state index contributed by atoms with van der Waals surface area (Å²) in [6.07, 6.45) is 2.87. The van der Waals surface area contributed by atoms with Crippen molar-refractivity contribution in [1.29, 1.82) is 0 Å². The van der Waals surface area contributed by atoms with E-state index in [1.165, 1.54) is 32.4 Å². The molecule has 0 atom stereocenters. The van der Waals surface area contributed by atoms with Gasteiger partial charge in [0.2, 0.25) is 5.91 Å². The minimum absolute atomic E-state index is 0.0654. The van der Waals surface area contributed by atoms with Crippen molar-refractivity contribution in [3.05, 3.63) is 47.5 Å². The van der Waals surface area contributed by atoms with Gasteiger partial charge in [-0.3, -0.25) is 4.79 Å². The Bertz CT molecular complexity index is 884. The number of rotatable bonds is 9. The van der Waals surface area contributed by atoms with Crippen LogP contribution in [0.5, 0.6) is 23.0 Å². The smallest absolute Gasteiger partial charge is 0.387 e. The van der Waals surface area contributed by atoms with E-state index in [1.807, 2.05) is 6.92 Å². The van der Waals surface area contributed by atoms with Crippen LogP contribution in [0.4, 0.5) is 14.5 Å². The first kappa shape index (κ1) is 22.0. The van der Waals surface area contributed by atoms with Gasteiger partial charge >= 0.3 is 6.61 Å². The Hall–Kier alpha value is -3.29. The van der Waals surface area contributed by atoms with E-state index < -0.39 is 6.61 Å². The van der Waals surface area contributed by atoms with Crippen LogP contribution in [0.1, 0.15) is 18.1 Å². The molecule has 29 heavy (non-hydrogen) atoms. The fourth-order valence-electron chi connectivity index (χ4n) is 2.55. The summed E-state index contributed by atoms with van der Waals surface area (Å²) in [6, 6.07) is 7.86. The summed E-state index contributed by atoms with van der Waals surface area (Å²) in [5.41, 5.74) is 1.97. The summed E-state index contributed by atoms with van der Waals surface area (Å²) in [4.78, 5) is 12.3. The Kier molecular flexibility index (Phi) is 7.82. The monoisotopic (exact) mass is 407 g/mol. The molecule has 0 saturated heterocycles. The second-order valence-corrected chi connectivity index (χ2v) is 5.86. The second-order valence-electron chi connectivity index (χ2n) is 5.86. The van der Waals surface area contributed by atoms with Crippen LogP contribution in [0, 0.1) is 6.92 Å². The second kappa shape index (κ2) is 10.3. The zero-order chi connectivity index (χ0) is 21.4. The molecule has 8 heteroatoms. The molecule has 0 spiro atoms. The third kappa shape index (κ3) is 6.10. The van der Waals surface area contributed by atoms with Gasteiger partial charge in [0.05, 0.1) is 20.8 Å². The van der Waals surface area contributed by atoms with Gasteiger partial charge in [-0.1, -0.05) is 6.07 Å². The number of methoxy groups -OCH3 is 2. The van der Waals surface area contributed by atoms with Gasteiger partial charge in [0.1, 0.15) is 0 Å². The minimum Gasteiger partial charge on any atom is -0.493 e. The molecule has 0 aliphatic rings. The molecule has 0 bridgehead atoms. The number of ether oxygens (including phenoxy) is 4. The van der Waals surface area contributed by atoms with Gasteiger partial charge in [0.15, 0.2) is 23.0 Å². The summed E-state index contributed by atoms with van der Waals surface area (Å²) in [6.45, 7) is 0.891. The highest BCUT2D eigenvalue weighted by molar-refractivity contribution is 6.02. The van der Waals surface area contributed by atoms with Crippen LogP contribution in [0.3, 0.4) is 0 Å². The van der Waals surface area contributed by atoms with E-state index >= 15 is 0 Å². The predicted octanol–water partition coefficient (Wildman–Crippen LogP) is 4.66. The highest BCUT2D eigenvalue weighted by Crippen LogP contribution is 2.33. The van der Waals surface area contributed by atoms with Gasteiger partial charge in [-0.25, -0.2) is 0 Å². The largest absolute Gasteiger partial charge is 0.493 e. The van der Waals surface area contributed by atoms with Crippen LogP contribution in [0.15, 0.2) is 36.4 Å². The zero-order valence-electron chi connectivity index (χ0n) is 16.6. The highest BCUT2D eigenvalue weighted by Gasteiger charge is 2.12. The maximum atomic E-state index is 12.5. The molecule has 2 aromatic rings. The SMILES string of the molecule is CCOc1cc(/C=C/C(=O)Nc2cc(OC)c(OC)cc2C)ccc1OC(F)F. The standard InChI is InChI=1S/C21H23F2NO5/c1-5-28-19-11-14(6-8-16(19)29-21(22)23)7-9-20(25)24-15-12-18(27-4)17(26-3)10-13(15)2/h6-12,21H,5H2,1-4H3,(H,24,25)/b9-7+. The summed E-state index contributed by atoms with van der Waals surface area (Å²) < 4.78 is 45.2. The lowest BCUT2D eigenvalue weighted by Gasteiger charge is -2.13. The lowest BCUT2D eigenvalue weighted by atomic mass is 10.1. The highest BCUT2D eigenvalue weighted by atomic mass is 19.3. The molecule has 2 rings (SSSR count). The fourth-order valence-corrected chi connectivity index (χ4v) is 2.55. The molecule has 0 heterocycles. The molecule has 0 aliphatic carbocycles. The maximum absolute atomic E-state index is 12.5. The molecule has 1 amide bonds. The lowest BCUT2D eigenvalue weighted by molar-refractivity contribution is -0.111.